The number of rotatable bonds is 11. The van der Waals surface area contributed by atoms with Gasteiger partial charge in [0.25, 0.3) is 5.91 Å². The second-order valence-electron chi connectivity index (χ2n) is 7.92. The van der Waals surface area contributed by atoms with E-state index in [0.29, 0.717) is 29.1 Å². The molecule has 182 valence electrons. The fourth-order valence-electron chi connectivity index (χ4n) is 3.42. The Morgan fingerprint density at radius 1 is 1.21 bits per heavy atom. The number of unbranched alkanes of at least 4 members (excludes halogenated alkanes) is 3. The van der Waals surface area contributed by atoms with Gasteiger partial charge in [0, 0.05) is 13.5 Å². The number of fused-ring (bicyclic) bond motifs is 1. The lowest BCUT2D eigenvalue weighted by Crippen LogP contribution is -2.25. The maximum atomic E-state index is 15.4. The van der Waals surface area contributed by atoms with Gasteiger partial charge in [-0.3, -0.25) is 19.6 Å². The van der Waals surface area contributed by atoms with E-state index in [-0.39, 0.29) is 29.8 Å². The summed E-state index contributed by atoms with van der Waals surface area (Å²) in [4.78, 5) is 33.2. The van der Waals surface area contributed by atoms with Crippen molar-refractivity contribution in [1.29, 1.82) is 0 Å². The van der Waals surface area contributed by atoms with Gasteiger partial charge in [0.05, 0.1) is 40.4 Å². The van der Waals surface area contributed by atoms with Crippen LogP contribution in [0.15, 0.2) is 30.6 Å². The molecule has 0 radical (unpaired) electrons. The molecule has 0 fully saturated rings. The van der Waals surface area contributed by atoms with Crippen LogP contribution in [0.1, 0.15) is 48.0 Å². The van der Waals surface area contributed by atoms with E-state index in [1.807, 2.05) is 13.0 Å². The molecule has 0 saturated carbocycles. The van der Waals surface area contributed by atoms with Gasteiger partial charge in [-0.05, 0) is 43.5 Å². The van der Waals surface area contributed by atoms with Crippen molar-refractivity contribution in [3.63, 3.8) is 0 Å². The van der Waals surface area contributed by atoms with Crippen LogP contribution in [0.25, 0.3) is 11.0 Å². The van der Waals surface area contributed by atoms with Gasteiger partial charge < -0.3 is 9.88 Å². The van der Waals surface area contributed by atoms with Gasteiger partial charge in [-0.15, -0.1) is 0 Å². The monoisotopic (exact) mass is 491 g/mol. The number of imidazole rings is 1. The Balaban J connectivity index is 1.69. The zero-order valence-corrected chi connectivity index (χ0v) is 19.7. The van der Waals surface area contributed by atoms with Gasteiger partial charge in [0.1, 0.15) is 5.52 Å². The van der Waals surface area contributed by atoms with Crippen molar-refractivity contribution >= 4 is 45.8 Å². The topological polar surface area (TPSA) is 118 Å². The summed E-state index contributed by atoms with van der Waals surface area (Å²) in [7, 11) is 1.71. The summed E-state index contributed by atoms with van der Waals surface area (Å²) < 4.78 is 17.0. The number of nitrogens with one attached hydrogen (secondary N) is 3. The van der Waals surface area contributed by atoms with E-state index < -0.39 is 17.6 Å². The molecule has 2 amide bonds. The molecule has 0 unspecified atom stereocenters. The molecule has 0 spiro atoms. The van der Waals surface area contributed by atoms with Gasteiger partial charge in [-0.25, -0.2) is 20.3 Å². The average Bonchev–Trinajstić information content (AvgIpc) is 3.19. The van der Waals surface area contributed by atoms with Gasteiger partial charge in [0.15, 0.2) is 5.82 Å². The lowest BCUT2D eigenvalue weighted by atomic mass is 10.1. The summed E-state index contributed by atoms with van der Waals surface area (Å²) >= 11 is 6.30. The minimum atomic E-state index is -0.674. The first-order valence-electron chi connectivity index (χ1n) is 10.8. The second kappa shape index (κ2) is 11.8. The smallest absolute Gasteiger partial charge is 0.277 e. The lowest BCUT2D eigenvalue weighted by molar-refractivity contribution is -0.129. The Morgan fingerprint density at radius 3 is 2.71 bits per heavy atom. The minimum Gasteiger partial charge on any atom is -0.351 e. The molecule has 34 heavy (non-hydrogen) atoms. The first kappa shape index (κ1) is 25.4. The Labute approximate surface area is 201 Å². The van der Waals surface area contributed by atoms with E-state index in [4.69, 9.17) is 21.6 Å². The summed E-state index contributed by atoms with van der Waals surface area (Å²) in [5, 5.41) is 11.8. The third kappa shape index (κ3) is 6.22. The van der Waals surface area contributed by atoms with Crippen LogP contribution < -0.4 is 16.3 Å². The molecule has 9 nitrogen and oxygen atoms in total. The lowest BCUT2D eigenvalue weighted by Gasteiger charge is -2.15. The summed E-state index contributed by atoms with van der Waals surface area (Å²) in [6.45, 7) is 2.14. The van der Waals surface area contributed by atoms with Gasteiger partial charge in [-0.2, -0.15) is 0 Å². The standard InChI is InChI=1S/C23H27ClFN5O4/c1-14-8-9-17(16(24)11-14)27-21-15(12-18-22(20(21)25)26-13-30(18)2)23(32)29-34-10-6-4-3-5-7-19(31)28-33/h8-9,11-13,27,33H,3-7,10H2,1-2H3,(H,28,31)(H,29,32). The number of aryl methyl sites for hydroxylation is 2. The Morgan fingerprint density at radius 2 is 1.97 bits per heavy atom. The highest BCUT2D eigenvalue weighted by atomic mass is 35.5. The van der Waals surface area contributed by atoms with Crippen LogP contribution in [0.3, 0.4) is 0 Å². The Kier molecular flexibility index (Phi) is 8.80. The summed E-state index contributed by atoms with van der Waals surface area (Å²) in [5.74, 6) is -1.71. The van der Waals surface area contributed by atoms with Crippen LogP contribution >= 0.6 is 11.6 Å². The van der Waals surface area contributed by atoms with Gasteiger partial charge in [0.2, 0.25) is 5.91 Å². The molecule has 0 bridgehead atoms. The number of hydrogen-bond acceptors (Lipinski definition) is 6. The molecule has 0 aliphatic rings. The number of anilines is 2. The van der Waals surface area contributed by atoms with Crippen molar-refractivity contribution < 1.29 is 24.0 Å². The molecule has 3 rings (SSSR count). The number of hydroxylamine groups is 2. The SMILES string of the molecule is Cc1ccc(Nc2c(C(=O)NOCCCCCCC(=O)NO)cc3c(ncn3C)c2F)c(Cl)c1. The molecule has 3 aromatic rings. The molecule has 0 atom stereocenters. The van der Waals surface area contributed by atoms with E-state index in [1.165, 1.54) is 6.33 Å². The van der Waals surface area contributed by atoms with E-state index in [1.54, 1.807) is 35.3 Å². The van der Waals surface area contributed by atoms with E-state index in [0.717, 1.165) is 18.4 Å². The van der Waals surface area contributed by atoms with Crippen molar-refractivity contribution in [3.8, 4) is 0 Å². The quantitative estimate of drug-likeness (QED) is 0.178. The Hall–Kier alpha value is -3.21. The van der Waals surface area contributed by atoms with E-state index >= 15 is 4.39 Å². The molecule has 0 saturated heterocycles. The number of halogens is 2. The maximum absolute atomic E-state index is 15.4. The van der Waals surface area contributed by atoms with Gasteiger partial charge in [-0.1, -0.05) is 30.5 Å². The number of carbonyl (C=O) groups excluding carboxylic acids is 2. The summed E-state index contributed by atoms with van der Waals surface area (Å²) in [6.07, 6.45) is 4.57. The number of amides is 2. The molecular formula is C23H27ClFN5O4. The van der Waals surface area contributed by atoms with Crippen molar-refractivity contribution in [2.75, 3.05) is 11.9 Å². The largest absolute Gasteiger partial charge is 0.351 e. The van der Waals surface area contributed by atoms with E-state index in [2.05, 4.69) is 15.8 Å². The molecule has 1 heterocycles. The molecule has 2 aromatic carbocycles. The highest BCUT2D eigenvalue weighted by Crippen LogP contribution is 2.33. The number of hydrogen-bond donors (Lipinski definition) is 4. The third-order valence-electron chi connectivity index (χ3n) is 5.28. The van der Waals surface area contributed by atoms with Gasteiger partial charge >= 0.3 is 0 Å². The fraction of sp³-hybridized carbons (Fsp3) is 0.348. The third-order valence-corrected chi connectivity index (χ3v) is 5.59. The fourth-order valence-corrected chi connectivity index (χ4v) is 3.71. The average molecular weight is 492 g/mol. The maximum Gasteiger partial charge on any atom is 0.277 e. The summed E-state index contributed by atoms with van der Waals surface area (Å²) in [6, 6.07) is 6.81. The number of carbonyl (C=O) groups is 2. The van der Waals surface area contributed by atoms with Crippen molar-refractivity contribution in [1.82, 2.24) is 20.5 Å². The predicted octanol–water partition coefficient (Wildman–Crippen LogP) is 4.54. The summed E-state index contributed by atoms with van der Waals surface area (Å²) in [5.41, 5.74) is 5.92. The molecular weight excluding hydrogens is 465 g/mol. The molecule has 11 heteroatoms. The molecule has 0 aliphatic carbocycles. The van der Waals surface area contributed by atoms with Crippen LogP contribution in [-0.2, 0) is 16.7 Å². The Bertz CT molecular complexity index is 1180. The van der Waals surface area contributed by atoms with Crippen LogP contribution in [0, 0.1) is 12.7 Å². The zero-order valence-electron chi connectivity index (χ0n) is 19.0. The number of nitrogens with zero attached hydrogens (tertiary/aromatic N) is 2. The van der Waals surface area contributed by atoms with Crippen molar-refractivity contribution in [3.05, 3.63) is 52.6 Å². The van der Waals surface area contributed by atoms with E-state index in [9.17, 15) is 9.59 Å². The first-order valence-corrected chi connectivity index (χ1v) is 11.2. The predicted molar refractivity (Wildman–Crippen MR) is 127 cm³/mol. The molecule has 4 N–H and O–H groups in total. The molecule has 0 aliphatic heterocycles. The second-order valence-corrected chi connectivity index (χ2v) is 8.33. The van der Waals surface area contributed by atoms with Crippen molar-refractivity contribution in [2.45, 2.75) is 39.0 Å². The van der Waals surface area contributed by atoms with Crippen LogP contribution in [0.4, 0.5) is 15.8 Å². The number of benzene rings is 2. The van der Waals surface area contributed by atoms with Crippen LogP contribution in [0.5, 0.6) is 0 Å². The van der Waals surface area contributed by atoms with Crippen molar-refractivity contribution in [2.24, 2.45) is 7.05 Å². The molecule has 1 aromatic heterocycles. The highest BCUT2D eigenvalue weighted by Gasteiger charge is 2.22. The number of aromatic nitrogens is 2. The normalized spacial score (nSPS) is 11.0. The van der Waals surface area contributed by atoms with Crippen LogP contribution in [0.2, 0.25) is 5.02 Å². The van der Waals surface area contributed by atoms with Crippen LogP contribution in [-0.4, -0.2) is 33.2 Å². The highest BCUT2D eigenvalue weighted by molar-refractivity contribution is 6.33. The zero-order chi connectivity index (χ0) is 24.7. The minimum absolute atomic E-state index is 0.0419. The first-order chi connectivity index (χ1) is 16.3.